The number of rotatable bonds is 7. The zero-order chi connectivity index (χ0) is 21.5. The van der Waals surface area contributed by atoms with Crippen LogP contribution in [-0.4, -0.2) is 26.6 Å². The van der Waals surface area contributed by atoms with Gasteiger partial charge in [0.05, 0.1) is 6.10 Å². The molecule has 0 radical (unpaired) electrons. The van der Waals surface area contributed by atoms with Gasteiger partial charge in [-0.1, -0.05) is 0 Å². The molecule has 158 valence electrons. The molecule has 10 heteroatoms. The SMILES string of the molecule is CNS(=O)(=O)Nc1nccc(Cc2c(C)c3ccc(OC4CC4)cc3oc2=O)c1F. The number of fused-ring (bicyclic) bond motifs is 1. The molecule has 4 rings (SSSR count). The van der Waals surface area contributed by atoms with Crippen molar-refractivity contribution in [3.05, 3.63) is 63.4 Å². The van der Waals surface area contributed by atoms with Crippen molar-refractivity contribution in [1.29, 1.82) is 0 Å². The summed E-state index contributed by atoms with van der Waals surface area (Å²) in [6.07, 6.45) is 3.45. The fourth-order valence-electron chi connectivity index (χ4n) is 3.09. The molecule has 0 amide bonds. The van der Waals surface area contributed by atoms with Crippen molar-refractivity contribution in [3.8, 4) is 5.75 Å². The Hall–Kier alpha value is -2.98. The van der Waals surface area contributed by atoms with E-state index >= 15 is 0 Å². The second kappa shape index (κ2) is 7.69. The van der Waals surface area contributed by atoms with Gasteiger partial charge in [0.2, 0.25) is 0 Å². The van der Waals surface area contributed by atoms with E-state index in [0.29, 0.717) is 16.9 Å². The summed E-state index contributed by atoms with van der Waals surface area (Å²) in [6.45, 7) is 1.76. The van der Waals surface area contributed by atoms with E-state index in [9.17, 15) is 17.6 Å². The molecule has 1 saturated carbocycles. The van der Waals surface area contributed by atoms with E-state index in [4.69, 9.17) is 9.15 Å². The Kier molecular flexibility index (Phi) is 5.20. The molecule has 0 bridgehead atoms. The molecule has 2 N–H and O–H groups in total. The number of halogens is 1. The molecule has 1 fully saturated rings. The van der Waals surface area contributed by atoms with Gasteiger partial charge in [-0.25, -0.2) is 18.9 Å². The molecule has 0 unspecified atom stereocenters. The Morgan fingerprint density at radius 3 is 2.77 bits per heavy atom. The monoisotopic (exact) mass is 433 g/mol. The average molecular weight is 433 g/mol. The first-order valence-electron chi connectivity index (χ1n) is 9.35. The van der Waals surface area contributed by atoms with Gasteiger partial charge < -0.3 is 9.15 Å². The van der Waals surface area contributed by atoms with Crippen molar-refractivity contribution in [2.24, 2.45) is 0 Å². The average Bonchev–Trinajstić information content (AvgIpc) is 3.51. The Bertz CT molecular complexity index is 1290. The first kappa shape index (κ1) is 20.3. The highest BCUT2D eigenvalue weighted by Crippen LogP contribution is 2.30. The molecular formula is C20H20FN3O5S. The number of anilines is 1. The van der Waals surface area contributed by atoms with Crippen LogP contribution in [0.2, 0.25) is 0 Å². The van der Waals surface area contributed by atoms with Gasteiger partial charge in [0.25, 0.3) is 10.2 Å². The van der Waals surface area contributed by atoms with E-state index in [1.807, 2.05) is 21.6 Å². The Balaban J connectivity index is 1.69. The summed E-state index contributed by atoms with van der Waals surface area (Å²) in [7, 11) is -2.74. The molecule has 1 aromatic carbocycles. The van der Waals surface area contributed by atoms with E-state index in [1.54, 1.807) is 13.0 Å². The number of benzene rings is 1. The molecule has 1 aliphatic carbocycles. The lowest BCUT2D eigenvalue weighted by molar-refractivity contribution is 0.303. The van der Waals surface area contributed by atoms with Gasteiger partial charge in [-0.3, -0.25) is 4.72 Å². The molecule has 2 aromatic heterocycles. The molecule has 2 heterocycles. The standard InChI is InChI=1S/C20H20FN3O5S/c1-11-15-6-5-14(28-13-3-4-13)10-17(15)29-20(25)16(11)9-12-7-8-23-19(18(12)21)24-30(26,27)22-2/h5-8,10,13,22H,3-4,9H2,1-2H3,(H,23,24). The van der Waals surface area contributed by atoms with Crippen LogP contribution in [0.3, 0.4) is 0 Å². The highest BCUT2D eigenvalue weighted by Gasteiger charge is 2.24. The lowest BCUT2D eigenvalue weighted by atomic mass is 10.00. The summed E-state index contributed by atoms with van der Waals surface area (Å²) in [4.78, 5) is 16.3. The number of aryl methyl sites for hydroxylation is 1. The number of hydrogen-bond acceptors (Lipinski definition) is 6. The molecule has 0 saturated heterocycles. The molecule has 3 aromatic rings. The predicted molar refractivity (Wildman–Crippen MR) is 109 cm³/mol. The molecule has 30 heavy (non-hydrogen) atoms. The number of nitrogens with one attached hydrogen (secondary N) is 2. The Morgan fingerprint density at radius 2 is 2.07 bits per heavy atom. The highest BCUT2D eigenvalue weighted by atomic mass is 32.2. The summed E-state index contributed by atoms with van der Waals surface area (Å²) in [5.74, 6) is -0.670. The number of hydrogen-bond donors (Lipinski definition) is 2. The summed E-state index contributed by atoms with van der Waals surface area (Å²) in [5.41, 5.74) is 0.870. The van der Waals surface area contributed by atoms with Crippen LogP contribution < -0.4 is 19.8 Å². The summed E-state index contributed by atoms with van der Waals surface area (Å²) in [6, 6.07) is 6.70. The second-order valence-electron chi connectivity index (χ2n) is 7.09. The normalized spacial score (nSPS) is 14.1. The smallest absolute Gasteiger partial charge is 0.340 e. The quantitative estimate of drug-likeness (QED) is 0.554. The number of pyridine rings is 1. The van der Waals surface area contributed by atoms with E-state index in [0.717, 1.165) is 18.2 Å². The predicted octanol–water partition coefficient (Wildman–Crippen LogP) is 2.64. The van der Waals surface area contributed by atoms with Gasteiger partial charge in [0.15, 0.2) is 11.6 Å². The van der Waals surface area contributed by atoms with Crippen LogP contribution in [0.5, 0.6) is 5.75 Å². The van der Waals surface area contributed by atoms with Crippen molar-refractivity contribution in [1.82, 2.24) is 9.71 Å². The van der Waals surface area contributed by atoms with Gasteiger partial charge >= 0.3 is 5.63 Å². The van der Waals surface area contributed by atoms with Gasteiger partial charge in [-0.2, -0.15) is 8.42 Å². The Morgan fingerprint density at radius 1 is 1.30 bits per heavy atom. The van der Waals surface area contributed by atoms with Crippen molar-refractivity contribution < 1.29 is 22.0 Å². The lowest BCUT2D eigenvalue weighted by Gasteiger charge is -2.12. The largest absolute Gasteiger partial charge is 0.490 e. The summed E-state index contributed by atoms with van der Waals surface area (Å²) >= 11 is 0. The molecular weight excluding hydrogens is 413 g/mol. The minimum atomic E-state index is -3.93. The van der Waals surface area contributed by atoms with Crippen molar-refractivity contribution in [2.75, 3.05) is 11.8 Å². The van der Waals surface area contributed by atoms with Gasteiger partial charge in [0.1, 0.15) is 11.3 Å². The van der Waals surface area contributed by atoms with E-state index in [-0.39, 0.29) is 23.7 Å². The maximum Gasteiger partial charge on any atom is 0.340 e. The van der Waals surface area contributed by atoms with Crippen molar-refractivity contribution >= 4 is 27.0 Å². The Labute approximate surface area is 172 Å². The number of aromatic nitrogens is 1. The summed E-state index contributed by atoms with van der Waals surface area (Å²) < 4.78 is 53.3. The van der Waals surface area contributed by atoms with Crippen LogP contribution in [0, 0.1) is 12.7 Å². The van der Waals surface area contributed by atoms with E-state index < -0.39 is 27.5 Å². The minimum absolute atomic E-state index is 0.0763. The first-order valence-corrected chi connectivity index (χ1v) is 10.8. The van der Waals surface area contributed by atoms with Gasteiger partial charge in [0, 0.05) is 36.7 Å². The van der Waals surface area contributed by atoms with E-state index in [1.165, 1.54) is 19.3 Å². The topological polar surface area (TPSA) is 111 Å². The second-order valence-corrected chi connectivity index (χ2v) is 8.71. The molecule has 0 aliphatic heterocycles. The molecule has 0 spiro atoms. The van der Waals surface area contributed by atoms with Crippen LogP contribution >= 0.6 is 0 Å². The van der Waals surface area contributed by atoms with Gasteiger partial charge in [-0.05, 0) is 49.1 Å². The fourth-order valence-corrected chi connectivity index (χ4v) is 3.59. The molecule has 8 nitrogen and oxygen atoms in total. The third-order valence-electron chi connectivity index (χ3n) is 4.92. The zero-order valence-corrected chi connectivity index (χ0v) is 17.2. The highest BCUT2D eigenvalue weighted by molar-refractivity contribution is 7.90. The molecule has 1 aliphatic rings. The number of nitrogens with zero attached hydrogens (tertiary/aromatic N) is 1. The summed E-state index contributed by atoms with van der Waals surface area (Å²) in [5, 5.41) is 0.721. The van der Waals surface area contributed by atoms with Crippen molar-refractivity contribution in [2.45, 2.75) is 32.3 Å². The van der Waals surface area contributed by atoms with Crippen LogP contribution in [0.4, 0.5) is 10.2 Å². The van der Waals surface area contributed by atoms with E-state index in [2.05, 4.69) is 4.98 Å². The third-order valence-corrected chi connectivity index (χ3v) is 5.92. The lowest BCUT2D eigenvalue weighted by Crippen LogP contribution is -2.27. The van der Waals surface area contributed by atoms with Crippen LogP contribution in [0.1, 0.15) is 29.5 Å². The van der Waals surface area contributed by atoms with Crippen LogP contribution in [0.25, 0.3) is 11.0 Å². The maximum absolute atomic E-state index is 14.8. The third kappa shape index (κ3) is 4.14. The maximum atomic E-state index is 14.8. The van der Waals surface area contributed by atoms with Gasteiger partial charge in [-0.15, -0.1) is 0 Å². The molecule has 0 atom stereocenters. The van der Waals surface area contributed by atoms with Crippen LogP contribution in [-0.2, 0) is 16.6 Å². The zero-order valence-electron chi connectivity index (χ0n) is 16.4. The number of ether oxygens (including phenoxy) is 1. The fraction of sp³-hybridized carbons (Fsp3) is 0.300. The van der Waals surface area contributed by atoms with Crippen molar-refractivity contribution in [3.63, 3.8) is 0 Å². The van der Waals surface area contributed by atoms with Crippen LogP contribution in [0.15, 0.2) is 39.7 Å². The first-order chi connectivity index (χ1) is 14.3. The minimum Gasteiger partial charge on any atom is -0.490 e.